The van der Waals surface area contributed by atoms with Gasteiger partial charge >= 0.3 is 0 Å². The highest BCUT2D eigenvalue weighted by atomic mass is 17.2. The van der Waals surface area contributed by atoms with Crippen molar-refractivity contribution < 1.29 is 24.0 Å². The van der Waals surface area contributed by atoms with Crippen molar-refractivity contribution in [2.45, 2.75) is 58.1 Å². The Kier molecular flexibility index (Phi) is 6.19. The van der Waals surface area contributed by atoms with Crippen LogP contribution in [0.25, 0.3) is 5.57 Å². The smallest absolute Gasteiger partial charge is 0.256 e. The van der Waals surface area contributed by atoms with E-state index in [-0.39, 0.29) is 18.8 Å². The molecule has 6 nitrogen and oxygen atoms in total. The van der Waals surface area contributed by atoms with Gasteiger partial charge in [0, 0.05) is 7.11 Å². The van der Waals surface area contributed by atoms with E-state index < -0.39 is 5.54 Å². The summed E-state index contributed by atoms with van der Waals surface area (Å²) < 4.78 is 11.5. The van der Waals surface area contributed by atoms with E-state index in [1.165, 1.54) is 0 Å². The van der Waals surface area contributed by atoms with E-state index in [4.69, 9.17) is 19.2 Å². The number of nitrogens with one attached hydrogen (secondary N) is 1. The summed E-state index contributed by atoms with van der Waals surface area (Å²) in [6.07, 6.45) is 3.51. The molecule has 27 heavy (non-hydrogen) atoms. The maximum atomic E-state index is 13.0. The number of hydrogen-bond donors (Lipinski definition) is 1. The van der Waals surface area contributed by atoms with Crippen molar-refractivity contribution in [3.63, 3.8) is 0 Å². The molecule has 1 fully saturated rings. The van der Waals surface area contributed by atoms with E-state index in [9.17, 15) is 4.79 Å². The van der Waals surface area contributed by atoms with Crippen LogP contribution in [0.4, 0.5) is 0 Å². The Morgan fingerprint density at radius 1 is 1.19 bits per heavy atom. The molecule has 0 saturated heterocycles. The zero-order valence-electron chi connectivity index (χ0n) is 16.6. The molecule has 148 valence electrons. The molecule has 1 N–H and O–H groups in total. The van der Waals surface area contributed by atoms with E-state index in [0.29, 0.717) is 17.9 Å². The second-order valence-electron chi connectivity index (χ2n) is 7.28. The van der Waals surface area contributed by atoms with Crippen molar-refractivity contribution in [1.82, 2.24) is 5.32 Å². The summed E-state index contributed by atoms with van der Waals surface area (Å²) in [7, 11) is 1.74. The van der Waals surface area contributed by atoms with Gasteiger partial charge < -0.3 is 14.8 Å². The number of benzene rings is 1. The van der Waals surface area contributed by atoms with Gasteiger partial charge in [-0.1, -0.05) is 23.8 Å². The first-order chi connectivity index (χ1) is 13.0. The number of aryl methyl sites for hydroxylation is 2. The van der Waals surface area contributed by atoms with Gasteiger partial charge in [0.1, 0.15) is 5.76 Å². The molecule has 1 aliphatic carbocycles. The lowest BCUT2D eigenvalue weighted by molar-refractivity contribution is -0.329. The minimum absolute atomic E-state index is 0.0536. The average Bonchev–Trinajstić information content (AvgIpc) is 2.92. The molecule has 6 heteroatoms. The SMILES string of the molecule is CCOOCOC1=C(c2cc(C)ccc2C)C(=O)NC12CCC(OC)CC2. The first-order valence-electron chi connectivity index (χ1n) is 9.55. The monoisotopic (exact) mass is 375 g/mol. The minimum Gasteiger partial charge on any atom is -0.466 e. The Labute approximate surface area is 160 Å². The Morgan fingerprint density at radius 3 is 2.59 bits per heavy atom. The molecule has 0 atom stereocenters. The summed E-state index contributed by atoms with van der Waals surface area (Å²) >= 11 is 0. The van der Waals surface area contributed by atoms with Crippen molar-refractivity contribution >= 4 is 11.5 Å². The lowest BCUT2D eigenvalue weighted by Crippen LogP contribution is -2.48. The summed E-state index contributed by atoms with van der Waals surface area (Å²) in [5.74, 6) is 0.571. The van der Waals surface area contributed by atoms with E-state index >= 15 is 0 Å². The van der Waals surface area contributed by atoms with Crippen LogP contribution in [0.15, 0.2) is 24.0 Å². The second-order valence-corrected chi connectivity index (χ2v) is 7.28. The van der Waals surface area contributed by atoms with Gasteiger partial charge in [-0.15, -0.1) is 0 Å². The molecule has 1 amide bonds. The van der Waals surface area contributed by atoms with Gasteiger partial charge in [0.2, 0.25) is 6.79 Å². The second kappa shape index (κ2) is 8.42. The number of amides is 1. The van der Waals surface area contributed by atoms with Crippen LogP contribution in [0.2, 0.25) is 0 Å². The van der Waals surface area contributed by atoms with Crippen LogP contribution in [0.5, 0.6) is 0 Å². The number of ether oxygens (including phenoxy) is 2. The van der Waals surface area contributed by atoms with Crippen LogP contribution in [-0.4, -0.2) is 38.1 Å². The predicted octanol–water partition coefficient (Wildman–Crippen LogP) is 3.41. The number of carbonyl (C=O) groups is 1. The highest BCUT2D eigenvalue weighted by molar-refractivity contribution is 6.23. The maximum Gasteiger partial charge on any atom is 0.256 e. The van der Waals surface area contributed by atoms with E-state index in [1.807, 2.05) is 39.0 Å². The fourth-order valence-corrected chi connectivity index (χ4v) is 4.01. The highest BCUT2D eigenvalue weighted by Gasteiger charge is 2.49. The third-order valence-electron chi connectivity index (χ3n) is 5.48. The maximum absolute atomic E-state index is 13.0. The van der Waals surface area contributed by atoms with Crippen LogP contribution < -0.4 is 5.32 Å². The van der Waals surface area contributed by atoms with Gasteiger partial charge in [0.25, 0.3) is 5.91 Å². The van der Waals surface area contributed by atoms with Gasteiger partial charge in [-0.2, -0.15) is 4.89 Å². The van der Waals surface area contributed by atoms with Crippen molar-refractivity contribution in [3.05, 3.63) is 40.6 Å². The molecule has 0 bridgehead atoms. The quantitative estimate of drug-likeness (QED) is 0.342. The van der Waals surface area contributed by atoms with Crippen molar-refractivity contribution in [3.8, 4) is 0 Å². The molecule has 0 radical (unpaired) electrons. The van der Waals surface area contributed by atoms with Crippen molar-refractivity contribution in [2.24, 2.45) is 0 Å². The zero-order valence-corrected chi connectivity index (χ0v) is 16.6. The third kappa shape index (κ3) is 4.03. The number of hydrogen-bond acceptors (Lipinski definition) is 5. The summed E-state index contributed by atoms with van der Waals surface area (Å²) in [4.78, 5) is 23.0. The van der Waals surface area contributed by atoms with Crippen molar-refractivity contribution in [1.29, 1.82) is 0 Å². The number of rotatable bonds is 7. The van der Waals surface area contributed by atoms with E-state index in [0.717, 1.165) is 42.4 Å². The van der Waals surface area contributed by atoms with Crippen LogP contribution in [0.3, 0.4) is 0 Å². The van der Waals surface area contributed by atoms with Gasteiger partial charge in [0.15, 0.2) is 0 Å². The summed E-state index contributed by atoms with van der Waals surface area (Å²) in [5.41, 5.74) is 3.15. The third-order valence-corrected chi connectivity index (χ3v) is 5.48. The molecule has 1 aromatic carbocycles. The summed E-state index contributed by atoms with van der Waals surface area (Å²) in [6, 6.07) is 6.12. The fraction of sp³-hybridized carbons (Fsp3) is 0.571. The Hall–Kier alpha value is -1.89. The van der Waals surface area contributed by atoms with Gasteiger partial charge in [-0.25, -0.2) is 4.89 Å². The van der Waals surface area contributed by atoms with Gasteiger partial charge in [0.05, 0.1) is 23.8 Å². The fourth-order valence-electron chi connectivity index (χ4n) is 4.01. The lowest BCUT2D eigenvalue weighted by atomic mass is 9.79. The standard InChI is InChI=1S/C21H29NO5/c1-5-26-27-13-25-19-18(17-12-14(2)6-7-15(17)3)20(23)22-21(19)10-8-16(24-4)9-11-21/h6-7,12,16H,5,8-11,13H2,1-4H3,(H,22,23). The van der Waals surface area contributed by atoms with E-state index in [2.05, 4.69) is 5.32 Å². The molecule has 1 aromatic rings. The first-order valence-corrected chi connectivity index (χ1v) is 9.55. The Bertz CT molecular complexity index is 719. The Balaban J connectivity index is 1.99. The molecule has 1 heterocycles. The topological polar surface area (TPSA) is 66.0 Å². The number of carbonyl (C=O) groups excluding carboxylic acids is 1. The van der Waals surface area contributed by atoms with Crippen molar-refractivity contribution in [2.75, 3.05) is 20.5 Å². The molecule has 2 aliphatic rings. The van der Waals surface area contributed by atoms with Crippen LogP contribution in [0, 0.1) is 13.8 Å². The van der Waals surface area contributed by atoms with Crippen LogP contribution >= 0.6 is 0 Å². The average molecular weight is 375 g/mol. The van der Waals surface area contributed by atoms with E-state index in [1.54, 1.807) is 7.11 Å². The van der Waals surface area contributed by atoms with Crippen LogP contribution in [-0.2, 0) is 24.0 Å². The molecule has 1 spiro atoms. The molecular weight excluding hydrogens is 346 g/mol. The van der Waals surface area contributed by atoms with Gasteiger partial charge in [-0.05, 0) is 57.6 Å². The van der Waals surface area contributed by atoms with Crippen LogP contribution in [0.1, 0.15) is 49.3 Å². The predicted molar refractivity (Wildman–Crippen MR) is 102 cm³/mol. The molecule has 0 unspecified atom stereocenters. The highest BCUT2D eigenvalue weighted by Crippen LogP contribution is 2.44. The molecule has 1 saturated carbocycles. The van der Waals surface area contributed by atoms with Gasteiger partial charge in [-0.3, -0.25) is 4.79 Å². The normalized spacial score (nSPS) is 25.2. The minimum atomic E-state index is -0.507. The molecular formula is C21H29NO5. The first kappa shape index (κ1) is 19.9. The summed E-state index contributed by atoms with van der Waals surface area (Å²) in [6.45, 7) is 6.26. The molecule has 1 aliphatic heterocycles. The molecule has 3 rings (SSSR count). The lowest BCUT2D eigenvalue weighted by Gasteiger charge is -2.38. The summed E-state index contributed by atoms with van der Waals surface area (Å²) in [5, 5.41) is 3.21. The largest absolute Gasteiger partial charge is 0.466 e. The molecule has 0 aromatic heterocycles. The number of methoxy groups -OCH3 is 1. The Morgan fingerprint density at radius 2 is 1.93 bits per heavy atom. The zero-order chi connectivity index (χ0) is 19.4.